The first-order valence-electron chi connectivity index (χ1n) is 8.05. The van der Waals surface area contributed by atoms with Crippen LogP contribution in [0.15, 0.2) is 29.2 Å². The molecular weight excluding hydrogens is 334 g/mol. The van der Waals surface area contributed by atoms with E-state index in [4.69, 9.17) is 0 Å². The van der Waals surface area contributed by atoms with Crippen LogP contribution in [0.25, 0.3) is 0 Å². The van der Waals surface area contributed by atoms with Gasteiger partial charge in [0.2, 0.25) is 0 Å². The van der Waals surface area contributed by atoms with Crippen LogP contribution in [0.1, 0.15) is 31.2 Å². The summed E-state index contributed by atoms with van der Waals surface area (Å²) in [4.78, 5) is 0.212. The second kappa shape index (κ2) is 6.18. The normalized spacial score (nSPS) is 28.2. The van der Waals surface area contributed by atoms with Gasteiger partial charge in [-0.2, -0.15) is 0 Å². The zero-order valence-electron chi connectivity index (χ0n) is 13.2. The molecular formula is C16H23NO4S2. The molecule has 0 amide bonds. The Bertz CT molecular complexity index is 763. The van der Waals surface area contributed by atoms with Gasteiger partial charge in [0.15, 0.2) is 19.7 Å². The minimum Gasteiger partial charge on any atom is -0.309 e. The quantitative estimate of drug-likeness (QED) is 0.882. The minimum absolute atomic E-state index is 0.0841. The Hall–Kier alpha value is -0.920. The average Bonchev–Trinajstić information content (AvgIpc) is 3.07. The van der Waals surface area contributed by atoms with E-state index in [0.29, 0.717) is 0 Å². The van der Waals surface area contributed by atoms with Gasteiger partial charge in [-0.05, 0) is 31.9 Å². The topological polar surface area (TPSA) is 80.3 Å². The summed E-state index contributed by atoms with van der Waals surface area (Å²) in [5.74, 6) is -0.368. The summed E-state index contributed by atoms with van der Waals surface area (Å²) in [6.45, 7) is 1.89. The van der Waals surface area contributed by atoms with Crippen molar-refractivity contribution < 1.29 is 16.8 Å². The fraction of sp³-hybridized carbons (Fsp3) is 0.625. The van der Waals surface area contributed by atoms with Gasteiger partial charge in [-0.15, -0.1) is 0 Å². The summed E-state index contributed by atoms with van der Waals surface area (Å²) >= 11 is 0. The lowest BCUT2D eigenvalue weighted by Crippen LogP contribution is -2.47. The molecule has 1 aliphatic heterocycles. The molecule has 1 saturated heterocycles. The van der Waals surface area contributed by atoms with Crippen molar-refractivity contribution in [1.29, 1.82) is 0 Å². The fourth-order valence-electron chi connectivity index (χ4n) is 3.57. The van der Waals surface area contributed by atoms with Crippen LogP contribution in [-0.4, -0.2) is 45.7 Å². The van der Waals surface area contributed by atoms with Crippen molar-refractivity contribution in [2.24, 2.45) is 0 Å². The monoisotopic (exact) mass is 357 g/mol. The van der Waals surface area contributed by atoms with Gasteiger partial charge < -0.3 is 5.32 Å². The average molecular weight is 357 g/mol. The number of nitrogens with one attached hydrogen (secondary N) is 1. The van der Waals surface area contributed by atoms with Gasteiger partial charge in [-0.3, -0.25) is 0 Å². The molecule has 1 aromatic rings. The van der Waals surface area contributed by atoms with E-state index in [9.17, 15) is 16.8 Å². The molecule has 2 fully saturated rings. The summed E-state index contributed by atoms with van der Waals surface area (Å²) in [7, 11) is -6.99. The van der Waals surface area contributed by atoms with Gasteiger partial charge in [0.1, 0.15) is 0 Å². The molecule has 1 heterocycles. The summed E-state index contributed by atoms with van der Waals surface area (Å²) < 4.78 is 49.9. The van der Waals surface area contributed by atoms with E-state index in [2.05, 4.69) is 5.32 Å². The van der Waals surface area contributed by atoms with Crippen LogP contribution >= 0.6 is 0 Å². The van der Waals surface area contributed by atoms with E-state index < -0.39 is 31.0 Å². The highest BCUT2D eigenvalue weighted by Gasteiger charge is 2.46. The lowest BCUT2D eigenvalue weighted by molar-refractivity contribution is 0.449. The second-order valence-electron chi connectivity index (χ2n) is 6.73. The van der Waals surface area contributed by atoms with E-state index in [1.54, 1.807) is 24.3 Å². The van der Waals surface area contributed by atoms with Gasteiger partial charge >= 0.3 is 0 Å². The molecule has 0 radical (unpaired) electrons. The van der Waals surface area contributed by atoms with Gasteiger partial charge in [0.05, 0.1) is 21.7 Å². The summed E-state index contributed by atoms with van der Waals surface area (Å²) in [6, 6.07) is 6.37. The van der Waals surface area contributed by atoms with Crippen molar-refractivity contribution >= 4 is 19.7 Å². The molecule has 2 atom stereocenters. The zero-order chi connectivity index (χ0) is 16.7. The summed E-state index contributed by atoms with van der Waals surface area (Å²) in [5, 5.41) is 2.42. The molecule has 0 bridgehead atoms. The van der Waals surface area contributed by atoms with Crippen molar-refractivity contribution in [2.45, 2.75) is 54.8 Å². The SMILES string of the molecule is Cc1ccc(S(=O)(=O)C2CS(=O)(=O)CC2NC2CCCC2)cc1. The smallest absolute Gasteiger partial charge is 0.183 e. The molecule has 23 heavy (non-hydrogen) atoms. The fourth-order valence-corrected chi connectivity index (χ4v) is 8.25. The number of rotatable bonds is 4. The number of hydrogen-bond donors (Lipinski definition) is 1. The number of sulfone groups is 2. The van der Waals surface area contributed by atoms with E-state index in [1.165, 1.54) is 0 Å². The van der Waals surface area contributed by atoms with E-state index in [-0.39, 0.29) is 22.4 Å². The maximum absolute atomic E-state index is 12.9. The molecule has 1 N–H and O–H groups in total. The van der Waals surface area contributed by atoms with Gasteiger partial charge in [-0.25, -0.2) is 16.8 Å². The molecule has 128 valence electrons. The van der Waals surface area contributed by atoms with E-state index in [0.717, 1.165) is 31.2 Å². The van der Waals surface area contributed by atoms with Crippen LogP contribution in [-0.2, 0) is 19.7 Å². The molecule has 3 rings (SSSR count). The molecule has 0 aromatic heterocycles. The molecule has 5 nitrogen and oxygen atoms in total. The maximum Gasteiger partial charge on any atom is 0.183 e. The molecule has 2 unspecified atom stereocenters. The third kappa shape index (κ3) is 3.61. The number of benzene rings is 1. The highest BCUT2D eigenvalue weighted by Crippen LogP contribution is 2.28. The first-order chi connectivity index (χ1) is 10.8. The lowest BCUT2D eigenvalue weighted by atomic mass is 10.2. The maximum atomic E-state index is 12.9. The predicted molar refractivity (Wildman–Crippen MR) is 90.0 cm³/mol. The van der Waals surface area contributed by atoms with Gasteiger partial charge in [0.25, 0.3) is 0 Å². The minimum atomic E-state index is -3.66. The van der Waals surface area contributed by atoms with Crippen LogP contribution in [0.2, 0.25) is 0 Å². The van der Waals surface area contributed by atoms with Crippen LogP contribution in [0.5, 0.6) is 0 Å². The third-order valence-corrected chi connectivity index (χ3v) is 9.02. The molecule has 1 aromatic carbocycles. The van der Waals surface area contributed by atoms with E-state index >= 15 is 0 Å². The van der Waals surface area contributed by atoms with Gasteiger partial charge in [0, 0.05) is 12.1 Å². The standard InChI is InChI=1S/C16H23NO4S2/c1-12-6-8-14(9-7-12)23(20,21)16-11-22(18,19)10-15(16)17-13-4-2-3-5-13/h6-9,13,15-17H,2-5,10-11H2,1H3. The Balaban J connectivity index is 1.89. The number of hydrogen-bond acceptors (Lipinski definition) is 5. The largest absolute Gasteiger partial charge is 0.309 e. The predicted octanol–water partition coefficient (Wildman–Crippen LogP) is 1.47. The van der Waals surface area contributed by atoms with Gasteiger partial charge in [-0.1, -0.05) is 30.5 Å². The molecule has 0 spiro atoms. The molecule has 7 heteroatoms. The first-order valence-corrected chi connectivity index (χ1v) is 11.4. The van der Waals surface area contributed by atoms with Crippen molar-refractivity contribution in [3.05, 3.63) is 29.8 Å². The lowest BCUT2D eigenvalue weighted by Gasteiger charge is -2.23. The first kappa shape index (κ1) is 16.9. The van der Waals surface area contributed by atoms with Crippen molar-refractivity contribution in [3.63, 3.8) is 0 Å². The summed E-state index contributed by atoms with van der Waals surface area (Å²) in [5.41, 5.74) is 0.976. The Morgan fingerprint density at radius 3 is 2.26 bits per heavy atom. The van der Waals surface area contributed by atoms with Crippen molar-refractivity contribution in [1.82, 2.24) is 5.32 Å². The third-order valence-electron chi connectivity index (χ3n) is 4.85. The summed E-state index contributed by atoms with van der Waals surface area (Å²) in [6.07, 6.45) is 4.22. The van der Waals surface area contributed by atoms with Crippen molar-refractivity contribution in [2.75, 3.05) is 11.5 Å². The second-order valence-corrected chi connectivity index (χ2v) is 11.0. The van der Waals surface area contributed by atoms with Crippen LogP contribution in [0.3, 0.4) is 0 Å². The Morgan fingerprint density at radius 2 is 1.65 bits per heavy atom. The van der Waals surface area contributed by atoms with Crippen LogP contribution < -0.4 is 5.32 Å². The molecule has 1 aliphatic carbocycles. The molecule has 2 aliphatic rings. The number of aryl methyl sites for hydroxylation is 1. The van der Waals surface area contributed by atoms with E-state index in [1.807, 2.05) is 6.92 Å². The highest BCUT2D eigenvalue weighted by molar-refractivity contribution is 7.96. The molecule has 1 saturated carbocycles. The Kier molecular flexibility index (Phi) is 4.55. The highest BCUT2D eigenvalue weighted by atomic mass is 32.2. The Labute approximate surface area is 138 Å². The Morgan fingerprint density at radius 1 is 1.04 bits per heavy atom. The van der Waals surface area contributed by atoms with Crippen LogP contribution in [0, 0.1) is 6.92 Å². The zero-order valence-corrected chi connectivity index (χ0v) is 14.9. The van der Waals surface area contributed by atoms with Crippen LogP contribution in [0.4, 0.5) is 0 Å². The van der Waals surface area contributed by atoms with Crippen molar-refractivity contribution in [3.8, 4) is 0 Å².